The van der Waals surface area contributed by atoms with Crippen molar-refractivity contribution in [3.05, 3.63) is 64.4 Å². The van der Waals surface area contributed by atoms with Gasteiger partial charge in [0.2, 0.25) is 5.91 Å². The van der Waals surface area contributed by atoms with E-state index in [2.05, 4.69) is 15.4 Å². The van der Waals surface area contributed by atoms with Crippen molar-refractivity contribution >= 4 is 34.9 Å². The maximum Gasteiger partial charge on any atom is 0.225 e. The topological polar surface area (TPSA) is 92.8 Å². The fraction of sp³-hybridized carbons (Fsp3) is 0.158. The van der Waals surface area contributed by atoms with Crippen molar-refractivity contribution in [1.82, 2.24) is 14.8 Å². The van der Waals surface area contributed by atoms with Crippen LogP contribution < -0.4 is 10.1 Å². The van der Waals surface area contributed by atoms with Gasteiger partial charge in [0.15, 0.2) is 11.6 Å². The molecular weight excluding hydrogens is 401 g/mol. The Morgan fingerprint density at radius 2 is 2.14 bits per heavy atom. The summed E-state index contributed by atoms with van der Waals surface area (Å²) in [6, 6.07) is 12.2. The van der Waals surface area contributed by atoms with Crippen LogP contribution in [0.5, 0.6) is 5.75 Å². The zero-order valence-electron chi connectivity index (χ0n) is 14.6. The van der Waals surface area contributed by atoms with Gasteiger partial charge in [0.25, 0.3) is 0 Å². The minimum atomic E-state index is -0.264. The fourth-order valence-electron chi connectivity index (χ4n) is 2.40. The molecule has 0 aliphatic heterocycles. The van der Waals surface area contributed by atoms with Gasteiger partial charge in [-0.15, -0.1) is 0 Å². The minimum Gasteiger partial charge on any atom is -0.492 e. The molecule has 3 aromatic rings. The fourth-order valence-corrected chi connectivity index (χ4v) is 2.87. The van der Waals surface area contributed by atoms with E-state index in [1.54, 1.807) is 42.6 Å². The van der Waals surface area contributed by atoms with Crippen molar-refractivity contribution in [1.29, 1.82) is 5.26 Å². The van der Waals surface area contributed by atoms with Crippen LogP contribution in [-0.4, -0.2) is 27.3 Å². The molecule has 0 aliphatic rings. The molecule has 0 bridgehead atoms. The number of anilines is 1. The Balaban J connectivity index is 1.58. The first kappa shape index (κ1) is 19.7. The molecule has 2 aromatic heterocycles. The summed E-state index contributed by atoms with van der Waals surface area (Å²) in [6.07, 6.45) is 3.65. The Morgan fingerprint density at radius 1 is 1.29 bits per heavy atom. The van der Waals surface area contributed by atoms with E-state index in [1.807, 2.05) is 6.07 Å². The summed E-state index contributed by atoms with van der Waals surface area (Å²) in [7, 11) is 0. The molecule has 1 N–H and O–H groups in total. The molecule has 0 saturated heterocycles. The molecule has 7 nitrogen and oxygen atoms in total. The van der Waals surface area contributed by atoms with Gasteiger partial charge < -0.3 is 10.1 Å². The maximum atomic E-state index is 12.3. The SMILES string of the molecule is N#Cc1cnn(-c2ccccn2)c1NC(=O)CCCOc1ccc(Cl)cc1Cl. The van der Waals surface area contributed by atoms with E-state index < -0.39 is 0 Å². The molecule has 0 aliphatic carbocycles. The number of aromatic nitrogens is 3. The zero-order valence-corrected chi connectivity index (χ0v) is 16.1. The number of nitriles is 1. The summed E-state index contributed by atoms with van der Waals surface area (Å²) < 4.78 is 6.98. The monoisotopic (exact) mass is 415 g/mol. The highest BCUT2D eigenvalue weighted by Crippen LogP contribution is 2.27. The van der Waals surface area contributed by atoms with Gasteiger partial charge in [-0.25, -0.2) is 4.98 Å². The second-order valence-electron chi connectivity index (χ2n) is 5.69. The first-order valence-corrected chi connectivity index (χ1v) is 9.11. The number of amides is 1. The quantitative estimate of drug-likeness (QED) is 0.582. The summed E-state index contributed by atoms with van der Waals surface area (Å²) in [5.74, 6) is 1.03. The molecule has 2 heterocycles. The van der Waals surface area contributed by atoms with Crippen LogP contribution in [0.15, 0.2) is 48.8 Å². The van der Waals surface area contributed by atoms with E-state index in [9.17, 15) is 10.1 Å². The molecule has 0 unspecified atom stereocenters. The average molecular weight is 416 g/mol. The summed E-state index contributed by atoms with van der Waals surface area (Å²) >= 11 is 11.9. The number of hydrogen-bond acceptors (Lipinski definition) is 5. The molecule has 0 spiro atoms. The maximum absolute atomic E-state index is 12.3. The van der Waals surface area contributed by atoms with Crippen LogP contribution in [0.25, 0.3) is 5.82 Å². The lowest BCUT2D eigenvalue weighted by molar-refractivity contribution is -0.116. The molecule has 0 fully saturated rings. The van der Waals surface area contributed by atoms with Gasteiger partial charge >= 0.3 is 0 Å². The number of carbonyl (C=O) groups is 1. The molecule has 3 rings (SSSR count). The summed E-state index contributed by atoms with van der Waals surface area (Å²) in [5.41, 5.74) is 0.253. The lowest BCUT2D eigenvalue weighted by Crippen LogP contribution is -2.17. The molecule has 142 valence electrons. The van der Waals surface area contributed by atoms with Gasteiger partial charge in [-0.05, 0) is 36.8 Å². The van der Waals surface area contributed by atoms with E-state index >= 15 is 0 Å². The van der Waals surface area contributed by atoms with Crippen molar-refractivity contribution in [3.8, 4) is 17.6 Å². The lowest BCUT2D eigenvalue weighted by Gasteiger charge is -2.10. The zero-order chi connectivity index (χ0) is 19.9. The number of nitrogens with zero attached hydrogens (tertiary/aromatic N) is 4. The Morgan fingerprint density at radius 3 is 2.86 bits per heavy atom. The number of hydrogen-bond donors (Lipinski definition) is 1. The van der Waals surface area contributed by atoms with E-state index in [1.165, 1.54) is 10.9 Å². The van der Waals surface area contributed by atoms with Crippen LogP contribution in [-0.2, 0) is 4.79 Å². The molecule has 1 aromatic carbocycles. The second kappa shape index (κ2) is 9.22. The van der Waals surface area contributed by atoms with Crippen LogP contribution in [0.4, 0.5) is 5.82 Å². The lowest BCUT2D eigenvalue weighted by atomic mass is 10.3. The number of benzene rings is 1. The highest BCUT2D eigenvalue weighted by atomic mass is 35.5. The van der Waals surface area contributed by atoms with Crippen molar-refractivity contribution in [3.63, 3.8) is 0 Å². The molecular formula is C19H15Cl2N5O2. The normalized spacial score (nSPS) is 10.3. The molecule has 0 radical (unpaired) electrons. The summed E-state index contributed by atoms with van der Waals surface area (Å²) in [5, 5.41) is 17.1. The third-order valence-corrected chi connectivity index (χ3v) is 4.24. The van der Waals surface area contributed by atoms with Gasteiger partial charge in [-0.1, -0.05) is 29.3 Å². The standard InChI is InChI=1S/C19H15Cl2N5O2/c20-14-6-7-16(15(21)10-14)28-9-3-5-18(27)25-19-13(11-22)12-24-26(19)17-4-1-2-8-23-17/h1-2,4,6-8,10,12H,3,5,9H2,(H,25,27). The Hall–Kier alpha value is -3.08. The second-order valence-corrected chi connectivity index (χ2v) is 6.54. The van der Waals surface area contributed by atoms with Crippen LogP contribution in [0.1, 0.15) is 18.4 Å². The van der Waals surface area contributed by atoms with Crippen LogP contribution in [0.3, 0.4) is 0 Å². The van der Waals surface area contributed by atoms with Gasteiger partial charge in [-0.2, -0.15) is 15.0 Å². The van der Waals surface area contributed by atoms with E-state index in [0.29, 0.717) is 34.6 Å². The van der Waals surface area contributed by atoms with Crippen LogP contribution in [0.2, 0.25) is 10.0 Å². The van der Waals surface area contributed by atoms with E-state index in [0.717, 1.165) is 0 Å². The van der Waals surface area contributed by atoms with E-state index in [-0.39, 0.29) is 23.7 Å². The number of halogens is 2. The van der Waals surface area contributed by atoms with Crippen molar-refractivity contribution in [2.24, 2.45) is 0 Å². The molecule has 9 heteroatoms. The predicted molar refractivity (Wildman–Crippen MR) is 106 cm³/mol. The minimum absolute atomic E-state index is 0.198. The highest BCUT2D eigenvalue weighted by molar-refractivity contribution is 6.35. The Bertz CT molecular complexity index is 1010. The van der Waals surface area contributed by atoms with Gasteiger partial charge in [-0.3, -0.25) is 4.79 Å². The third kappa shape index (κ3) is 4.80. The van der Waals surface area contributed by atoms with Gasteiger partial charge in [0, 0.05) is 17.6 Å². The average Bonchev–Trinajstić information content (AvgIpc) is 3.09. The number of carbonyl (C=O) groups excluding carboxylic acids is 1. The van der Waals surface area contributed by atoms with Crippen molar-refractivity contribution in [2.75, 3.05) is 11.9 Å². The Labute approximate surface area is 171 Å². The predicted octanol–water partition coefficient (Wildman–Crippen LogP) is 4.24. The molecule has 28 heavy (non-hydrogen) atoms. The molecule has 1 amide bonds. The number of ether oxygens (including phenoxy) is 1. The first-order valence-electron chi connectivity index (χ1n) is 8.35. The van der Waals surface area contributed by atoms with E-state index in [4.69, 9.17) is 27.9 Å². The Kier molecular flexibility index (Phi) is 6.48. The van der Waals surface area contributed by atoms with Crippen LogP contribution >= 0.6 is 23.2 Å². The largest absolute Gasteiger partial charge is 0.492 e. The number of pyridine rings is 1. The third-order valence-electron chi connectivity index (χ3n) is 3.71. The smallest absolute Gasteiger partial charge is 0.225 e. The first-order chi connectivity index (χ1) is 13.6. The van der Waals surface area contributed by atoms with Gasteiger partial charge in [0.1, 0.15) is 17.4 Å². The van der Waals surface area contributed by atoms with Gasteiger partial charge in [0.05, 0.1) is 17.8 Å². The summed E-state index contributed by atoms with van der Waals surface area (Å²) in [6.45, 7) is 0.305. The number of rotatable bonds is 7. The number of nitrogens with one attached hydrogen (secondary N) is 1. The van der Waals surface area contributed by atoms with Crippen LogP contribution in [0, 0.1) is 11.3 Å². The van der Waals surface area contributed by atoms with Crippen molar-refractivity contribution in [2.45, 2.75) is 12.8 Å². The molecule has 0 atom stereocenters. The van der Waals surface area contributed by atoms with Crippen molar-refractivity contribution < 1.29 is 9.53 Å². The molecule has 0 saturated carbocycles. The summed E-state index contributed by atoms with van der Waals surface area (Å²) in [4.78, 5) is 16.5. The highest BCUT2D eigenvalue weighted by Gasteiger charge is 2.15.